The summed E-state index contributed by atoms with van der Waals surface area (Å²) in [5.41, 5.74) is 0.691. The van der Waals surface area contributed by atoms with E-state index in [2.05, 4.69) is 0 Å². The number of ether oxygens (including phenoxy) is 1. The van der Waals surface area contributed by atoms with Crippen molar-refractivity contribution in [3.8, 4) is 11.8 Å². The highest BCUT2D eigenvalue weighted by atomic mass is 32.2. The predicted octanol–water partition coefficient (Wildman–Crippen LogP) is 3.64. The standard InChI is InChI=1S/C15H12N2O3S/c16-11-12-1-5-14(6-2-12)20-9-10-21-15-7-3-13(4-8-15)17(18)19/h1-8H,9-10H2. The lowest BCUT2D eigenvalue weighted by Gasteiger charge is -2.06. The lowest BCUT2D eigenvalue weighted by molar-refractivity contribution is -0.384. The molecule has 5 nitrogen and oxygen atoms in total. The van der Waals surface area contributed by atoms with Crippen molar-refractivity contribution in [3.63, 3.8) is 0 Å². The van der Waals surface area contributed by atoms with Crippen molar-refractivity contribution in [2.45, 2.75) is 4.90 Å². The van der Waals surface area contributed by atoms with Crippen LogP contribution in [0.3, 0.4) is 0 Å². The molecule has 0 bridgehead atoms. The smallest absolute Gasteiger partial charge is 0.269 e. The van der Waals surface area contributed by atoms with Gasteiger partial charge in [-0.1, -0.05) is 0 Å². The molecular weight excluding hydrogens is 288 g/mol. The van der Waals surface area contributed by atoms with E-state index in [1.165, 1.54) is 12.1 Å². The van der Waals surface area contributed by atoms with Gasteiger partial charge in [0.25, 0.3) is 5.69 Å². The van der Waals surface area contributed by atoms with Gasteiger partial charge in [-0.15, -0.1) is 11.8 Å². The summed E-state index contributed by atoms with van der Waals surface area (Å²) in [4.78, 5) is 11.1. The first-order chi connectivity index (χ1) is 10.2. The summed E-state index contributed by atoms with van der Waals surface area (Å²) in [5, 5.41) is 19.2. The Balaban J connectivity index is 1.76. The highest BCUT2D eigenvalue weighted by Crippen LogP contribution is 2.21. The van der Waals surface area contributed by atoms with Gasteiger partial charge < -0.3 is 4.74 Å². The van der Waals surface area contributed by atoms with Crippen molar-refractivity contribution < 1.29 is 9.66 Å². The molecule has 0 N–H and O–H groups in total. The fourth-order valence-corrected chi connectivity index (χ4v) is 2.34. The van der Waals surface area contributed by atoms with E-state index in [9.17, 15) is 10.1 Å². The van der Waals surface area contributed by atoms with Gasteiger partial charge in [0, 0.05) is 22.8 Å². The maximum absolute atomic E-state index is 10.5. The Morgan fingerprint density at radius 2 is 1.81 bits per heavy atom. The summed E-state index contributed by atoms with van der Waals surface area (Å²) in [6, 6.07) is 15.4. The molecule has 0 unspecified atom stereocenters. The molecule has 0 saturated heterocycles. The number of hydrogen-bond acceptors (Lipinski definition) is 5. The van der Waals surface area contributed by atoms with Crippen LogP contribution in [0.4, 0.5) is 5.69 Å². The highest BCUT2D eigenvalue weighted by Gasteiger charge is 2.04. The molecule has 0 spiro atoms. The molecule has 0 aliphatic rings. The van der Waals surface area contributed by atoms with Crippen LogP contribution >= 0.6 is 11.8 Å². The monoisotopic (exact) mass is 300 g/mol. The van der Waals surface area contributed by atoms with Gasteiger partial charge in [-0.25, -0.2) is 0 Å². The molecule has 2 aromatic carbocycles. The Labute approximate surface area is 126 Å². The third-order valence-electron chi connectivity index (χ3n) is 2.65. The lowest BCUT2D eigenvalue weighted by atomic mass is 10.2. The van der Waals surface area contributed by atoms with Crippen LogP contribution in [-0.4, -0.2) is 17.3 Å². The number of rotatable bonds is 6. The van der Waals surface area contributed by atoms with E-state index < -0.39 is 4.92 Å². The number of nitriles is 1. The largest absolute Gasteiger partial charge is 0.493 e. The minimum atomic E-state index is -0.414. The molecule has 106 valence electrons. The molecule has 0 aliphatic carbocycles. The molecule has 0 radical (unpaired) electrons. The number of non-ortho nitro benzene ring substituents is 1. The summed E-state index contributed by atoms with van der Waals surface area (Å²) in [7, 11) is 0. The van der Waals surface area contributed by atoms with Crippen LogP contribution in [0.1, 0.15) is 5.56 Å². The van der Waals surface area contributed by atoms with Gasteiger partial charge in [0.1, 0.15) is 5.75 Å². The van der Waals surface area contributed by atoms with E-state index in [4.69, 9.17) is 10.00 Å². The first kappa shape index (κ1) is 14.9. The Hall–Kier alpha value is -2.52. The van der Waals surface area contributed by atoms with Gasteiger partial charge >= 0.3 is 0 Å². The molecule has 0 aromatic heterocycles. The van der Waals surface area contributed by atoms with Gasteiger partial charge in [-0.2, -0.15) is 5.26 Å². The summed E-state index contributed by atoms with van der Waals surface area (Å²) < 4.78 is 5.55. The molecule has 2 aromatic rings. The van der Waals surface area contributed by atoms with Gasteiger partial charge in [-0.3, -0.25) is 10.1 Å². The van der Waals surface area contributed by atoms with Crippen LogP contribution in [0.25, 0.3) is 0 Å². The molecule has 0 fully saturated rings. The third kappa shape index (κ3) is 4.51. The fraction of sp³-hybridized carbons (Fsp3) is 0.133. The molecule has 0 heterocycles. The lowest BCUT2D eigenvalue weighted by Crippen LogP contribution is -1.99. The van der Waals surface area contributed by atoms with E-state index in [1.807, 2.05) is 6.07 Å². The van der Waals surface area contributed by atoms with Crippen LogP contribution in [0, 0.1) is 21.4 Å². The zero-order valence-corrected chi connectivity index (χ0v) is 11.9. The highest BCUT2D eigenvalue weighted by molar-refractivity contribution is 7.99. The summed E-state index contributed by atoms with van der Waals surface area (Å²) >= 11 is 1.57. The van der Waals surface area contributed by atoms with Gasteiger partial charge in [-0.05, 0) is 36.4 Å². The minimum absolute atomic E-state index is 0.0909. The molecule has 0 saturated carbocycles. The molecule has 6 heteroatoms. The molecule has 0 atom stereocenters. The Morgan fingerprint density at radius 3 is 2.38 bits per heavy atom. The van der Waals surface area contributed by atoms with Crippen molar-refractivity contribution >= 4 is 17.4 Å². The van der Waals surface area contributed by atoms with Crippen LogP contribution in [0.15, 0.2) is 53.4 Å². The summed E-state index contributed by atoms with van der Waals surface area (Å²) in [6.45, 7) is 0.521. The topological polar surface area (TPSA) is 76.2 Å². The second-order valence-electron chi connectivity index (χ2n) is 4.08. The number of nitrogens with zero attached hydrogens (tertiary/aromatic N) is 2. The van der Waals surface area contributed by atoms with Crippen LogP contribution in [0.5, 0.6) is 5.75 Å². The van der Waals surface area contributed by atoms with Crippen molar-refractivity contribution in [2.75, 3.05) is 12.4 Å². The maximum atomic E-state index is 10.5. The van der Waals surface area contributed by atoms with Crippen molar-refractivity contribution in [3.05, 3.63) is 64.2 Å². The maximum Gasteiger partial charge on any atom is 0.269 e. The number of nitro groups is 1. The number of nitro benzene ring substituents is 1. The van der Waals surface area contributed by atoms with Crippen LogP contribution < -0.4 is 4.74 Å². The SMILES string of the molecule is N#Cc1ccc(OCCSc2ccc([N+](=O)[O-])cc2)cc1. The average molecular weight is 300 g/mol. The van der Waals surface area contributed by atoms with Gasteiger partial charge in [0.05, 0.1) is 23.2 Å². The van der Waals surface area contributed by atoms with E-state index in [0.717, 1.165) is 16.4 Å². The minimum Gasteiger partial charge on any atom is -0.493 e. The van der Waals surface area contributed by atoms with E-state index in [1.54, 1.807) is 48.2 Å². The molecular formula is C15H12N2O3S. The Morgan fingerprint density at radius 1 is 1.14 bits per heavy atom. The zero-order valence-electron chi connectivity index (χ0n) is 11.1. The molecule has 0 amide bonds. The number of benzene rings is 2. The second-order valence-corrected chi connectivity index (χ2v) is 5.25. The van der Waals surface area contributed by atoms with Crippen molar-refractivity contribution in [1.29, 1.82) is 5.26 Å². The van der Waals surface area contributed by atoms with E-state index in [0.29, 0.717) is 12.2 Å². The van der Waals surface area contributed by atoms with E-state index >= 15 is 0 Å². The fourth-order valence-electron chi connectivity index (χ4n) is 1.61. The predicted molar refractivity (Wildman–Crippen MR) is 80.5 cm³/mol. The normalized spacial score (nSPS) is 9.86. The summed E-state index contributed by atoms with van der Waals surface area (Å²) in [6.07, 6.45) is 0. The molecule has 2 rings (SSSR count). The van der Waals surface area contributed by atoms with Crippen LogP contribution in [-0.2, 0) is 0 Å². The average Bonchev–Trinajstić information content (AvgIpc) is 2.52. The first-order valence-electron chi connectivity index (χ1n) is 6.19. The van der Waals surface area contributed by atoms with Gasteiger partial charge in [0.2, 0.25) is 0 Å². The molecule has 0 aliphatic heterocycles. The zero-order chi connectivity index (χ0) is 15.1. The van der Waals surface area contributed by atoms with Crippen molar-refractivity contribution in [1.82, 2.24) is 0 Å². The second kappa shape index (κ2) is 7.31. The first-order valence-corrected chi connectivity index (χ1v) is 7.18. The van der Waals surface area contributed by atoms with Gasteiger partial charge in [0.15, 0.2) is 0 Å². The van der Waals surface area contributed by atoms with Crippen LogP contribution in [0.2, 0.25) is 0 Å². The molecule has 21 heavy (non-hydrogen) atoms. The quantitative estimate of drug-likeness (QED) is 0.352. The Kier molecular flexibility index (Phi) is 5.18. The van der Waals surface area contributed by atoms with Crippen molar-refractivity contribution in [2.24, 2.45) is 0 Å². The number of thioether (sulfide) groups is 1. The number of hydrogen-bond donors (Lipinski definition) is 0. The summed E-state index contributed by atoms with van der Waals surface area (Å²) in [5.74, 6) is 1.45. The third-order valence-corrected chi connectivity index (χ3v) is 3.63. The Bertz CT molecular complexity index is 648. The van der Waals surface area contributed by atoms with E-state index in [-0.39, 0.29) is 5.69 Å².